The van der Waals surface area contributed by atoms with E-state index in [1.165, 1.54) is 0 Å². The van der Waals surface area contributed by atoms with Crippen molar-refractivity contribution in [2.75, 3.05) is 6.61 Å². The Balaban J connectivity index is 2.47. The van der Waals surface area contributed by atoms with Crippen LogP contribution in [0.15, 0.2) is 4.42 Å². The van der Waals surface area contributed by atoms with Crippen LogP contribution in [0.5, 0.6) is 0 Å². The molecule has 0 radical (unpaired) electrons. The highest BCUT2D eigenvalue weighted by Gasteiger charge is 2.23. The number of hydrogen-bond acceptors (Lipinski definition) is 4. The van der Waals surface area contributed by atoms with E-state index in [1.807, 2.05) is 27.7 Å². The first-order valence-electron chi connectivity index (χ1n) is 6.50. The van der Waals surface area contributed by atoms with Gasteiger partial charge in [-0.05, 0) is 33.6 Å². The molecule has 1 aromatic rings. The molecule has 0 bridgehead atoms. The molecule has 6 heteroatoms. The van der Waals surface area contributed by atoms with Crippen LogP contribution in [-0.2, 0) is 6.54 Å². The fourth-order valence-electron chi connectivity index (χ4n) is 1.66. The third-order valence-electron chi connectivity index (χ3n) is 3.33. The zero-order chi connectivity index (χ0) is 14.5. The lowest BCUT2D eigenvalue weighted by Crippen LogP contribution is -2.50. The van der Waals surface area contributed by atoms with Gasteiger partial charge in [0.2, 0.25) is 5.89 Å². The Hall–Kier alpha value is -1.56. The van der Waals surface area contributed by atoms with Crippen molar-refractivity contribution in [2.24, 2.45) is 0 Å². The third-order valence-corrected chi connectivity index (χ3v) is 3.33. The summed E-state index contributed by atoms with van der Waals surface area (Å²) >= 11 is 0. The molecule has 0 aliphatic heterocycles. The van der Waals surface area contributed by atoms with Crippen molar-refractivity contribution in [3.05, 3.63) is 17.3 Å². The van der Waals surface area contributed by atoms with E-state index in [4.69, 9.17) is 9.52 Å². The van der Waals surface area contributed by atoms with E-state index in [0.717, 1.165) is 17.9 Å². The summed E-state index contributed by atoms with van der Waals surface area (Å²) < 4.78 is 5.38. The lowest BCUT2D eigenvalue weighted by Gasteiger charge is -2.28. The van der Waals surface area contributed by atoms with Crippen LogP contribution in [0.3, 0.4) is 0 Å². The van der Waals surface area contributed by atoms with Crippen molar-refractivity contribution >= 4 is 6.03 Å². The van der Waals surface area contributed by atoms with Crippen molar-refractivity contribution in [3.63, 3.8) is 0 Å². The lowest BCUT2D eigenvalue weighted by atomic mass is 9.95. The number of urea groups is 1. The summed E-state index contributed by atoms with van der Waals surface area (Å²) in [4.78, 5) is 16.0. The molecule has 1 rings (SSSR count). The second-order valence-electron chi connectivity index (χ2n) is 4.94. The van der Waals surface area contributed by atoms with Crippen LogP contribution in [0.2, 0.25) is 0 Å². The van der Waals surface area contributed by atoms with E-state index in [-0.39, 0.29) is 19.2 Å². The number of aryl methyl sites for hydroxylation is 2. The smallest absolute Gasteiger partial charge is 0.315 e. The Morgan fingerprint density at radius 3 is 2.63 bits per heavy atom. The van der Waals surface area contributed by atoms with Crippen molar-refractivity contribution in [1.82, 2.24) is 15.6 Å². The summed E-state index contributed by atoms with van der Waals surface area (Å²) in [6.45, 7) is 7.86. The first-order valence-corrected chi connectivity index (χ1v) is 6.50. The van der Waals surface area contributed by atoms with Crippen molar-refractivity contribution in [3.8, 4) is 0 Å². The summed E-state index contributed by atoms with van der Waals surface area (Å²) in [5, 5.41) is 14.5. The molecular weight excluding hydrogens is 246 g/mol. The predicted molar refractivity (Wildman–Crippen MR) is 71.7 cm³/mol. The molecular formula is C13H23N3O3. The zero-order valence-electron chi connectivity index (χ0n) is 12.0. The first-order chi connectivity index (χ1) is 8.90. The standard InChI is InChI=1S/C13H23N3O3/c1-5-13(4,6-7-17)16-12(18)14-8-11-15-9(2)10(3)19-11/h17H,5-8H2,1-4H3,(H2,14,16,18). The number of aromatic nitrogens is 1. The van der Waals surface area contributed by atoms with Crippen molar-refractivity contribution in [1.29, 1.82) is 0 Å². The van der Waals surface area contributed by atoms with Gasteiger partial charge in [-0.1, -0.05) is 6.92 Å². The fourth-order valence-corrected chi connectivity index (χ4v) is 1.66. The number of amides is 2. The number of carbonyl (C=O) groups is 1. The number of aliphatic hydroxyl groups is 1. The second-order valence-corrected chi connectivity index (χ2v) is 4.94. The molecule has 0 fully saturated rings. The van der Waals surface area contributed by atoms with Crippen LogP contribution in [0.1, 0.15) is 44.0 Å². The van der Waals surface area contributed by atoms with Gasteiger partial charge in [0.05, 0.1) is 12.2 Å². The highest BCUT2D eigenvalue weighted by Crippen LogP contribution is 2.13. The maximum atomic E-state index is 11.8. The average Bonchev–Trinajstić information content (AvgIpc) is 2.67. The van der Waals surface area contributed by atoms with Gasteiger partial charge in [0.1, 0.15) is 5.76 Å². The Labute approximate surface area is 113 Å². The van der Waals surface area contributed by atoms with Gasteiger partial charge in [-0.2, -0.15) is 0 Å². The number of nitrogens with zero attached hydrogens (tertiary/aromatic N) is 1. The number of oxazole rings is 1. The highest BCUT2D eigenvalue weighted by molar-refractivity contribution is 5.74. The number of carbonyl (C=O) groups excluding carboxylic acids is 1. The maximum absolute atomic E-state index is 11.8. The van der Waals surface area contributed by atoms with Gasteiger partial charge < -0.3 is 20.2 Å². The molecule has 2 amide bonds. The van der Waals surface area contributed by atoms with Gasteiger partial charge >= 0.3 is 6.03 Å². The Morgan fingerprint density at radius 1 is 1.47 bits per heavy atom. The maximum Gasteiger partial charge on any atom is 0.315 e. The highest BCUT2D eigenvalue weighted by atomic mass is 16.4. The zero-order valence-corrected chi connectivity index (χ0v) is 12.0. The minimum absolute atomic E-state index is 0.0444. The molecule has 3 N–H and O–H groups in total. The molecule has 0 aliphatic rings. The summed E-state index contributed by atoms with van der Waals surface area (Å²) in [7, 11) is 0. The largest absolute Gasteiger partial charge is 0.444 e. The van der Waals surface area contributed by atoms with Gasteiger partial charge in [0.25, 0.3) is 0 Å². The molecule has 0 saturated carbocycles. The summed E-state index contributed by atoms with van der Waals surface area (Å²) in [5.41, 5.74) is 0.428. The molecule has 0 aromatic carbocycles. The van der Waals surface area contributed by atoms with Gasteiger partial charge in [0, 0.05) is 12.1 Å². The minimum Gasteiger partial charge on any atom is -0.444 e. The summed E-state index contributed by atoms with van der Waals surface area (Å²) in [5.74, 6) is 1.25. The van der Waals surface area contributed by atoms with Crippen LogP contribution in [-0.4, -0.2) is 28.3 Å². The van der Waals surface area contributed by atoms with Crippen LogP contribution < -0.4 is 10.6 Å². The van der Waals surface area contributed by atoms with Gasteiger partial charge in [-0.15, -0.1) is 0 Å². The average molecular weight is 269 g/mol. The molecule has 1 heterocycles. The van der Waals surface area contributed by atoms with Crippen LogP contribution in [0.25, 0.3) is 0 Å². The van der Waals surface area contributed by atoms with E-state index in [2.05, 4.69) is 15.6 Å². The van der Waals surface area contributed by atoms with Crippen LogP contribution >= 0.6 is 0 Å². The summed E-state index contributed by atoms with van der Waals surface area (Å²) in [6, 6.07) is -0.286. The van der Waals surface area contributed by atoms with E-state index in [1.54, 1.807) is 0 Å². The van der Waals surface area contributed by atoms with Gasteiger partial charge in [0.15, 0.2) is 0 Å². The molecule has 1 unspecified atom stereocenters. The van der Waals surface area contributed by atoms with E-state index in [9.17, 15) is 4.79 Å². The molecule has 0 aliphatic carbocycles. The number of rotatable bonds is 6. The lowest BCUT2D eigenvalue weighted by molar-refractivity contribution is 0.200. The SMILES string of the molecule is CCC(C)(CCO)NC(=O)NCc1nc(C)c(C)o1. The predicted octanol–water partition coefficient (Wildman–Crippen LogP) is 1.64. The van der Waals surface area contributed by atoms with Crippen molar-refractivity contribution < 1.29 is 14.3 Å². The Bertz CT molecular complexity index is 411. The fraction of sp³-hybridized carbons (Fsp3) is 0.692. The van der Waals surface area contributed by atoms with Crippen molar-refractivity contribution in [2.45, 2.75) is 52.6 Å². The molecule has 1 aromatic heterocycles. The molecule has 108 valence electrons. The third kappa shape index (κ3) is 4.55. The first kappa shape index (κ1) is 15.5. The van der Waals surface area contributed by atoms with Crippen LogP contribution in [0.4, 0.5) is 4.79 Å². The monoisotopic (exact) mass is 269 g/mol. The Kier molecular flexibility index (Phi) is 5.35. The number of nitrogens with one attached hydrogen (secondary N) is 2. The number of aliphatic hydroxyl groups excluding tert-OH is 1. The van der Waals surface area contributed by atoms with E-state index in [0.29, 0.717) is 12.3 Å². The van der Waals surface area contributed by atoms with Gasteiger partial charge in [-0.3, -0.25) is 0 Å². The molecule has 19 heavy (non-hydrogen) atoms. The topological polar surface area (TPSA) is 87.4 Å². The molecule has 0 spiro atoms. The minimum atomic E-state index is -0.402. The quantitative estimate of drug-likeness (QED) is 0.732. The second kappa shape index (κ2) is 6.56. The molecule has 6 nitrogen and oxygen atoms in total. The van der Waals surface area contributed by atoms with E-state index < -0.39 is 5.54 Å². The molecule has 1 atom stereocenters. The van der Waals surface area contributed by atoms with Gasteiger partial charge in [-0.25, -0.2) is 9.78 Å². The summed E-state index contributed by atoms with van der Waals surface area (Å²) in [6.07, 6.45) is 1.27. The van der Waals surface area contributed by atoms with E-state index >= 15 is 0 Å². The van der Waals surface area contributed by atoms with Crippen LogP contribution in [0, 0.1) is 13.8 Å². The Morgan fingerprint density at radius 2 is 2.16 bits per heavy atom. The molecule has 0 saturated heterocycles. The number of hydrogen-bond donors (Lipinski definition) is 3. The normalized spacial score (nSPS) is 13.9.